The molecule has 0 unspecified atom stereocenters. The number of halogens is 1. The molecule has 0 aromatic heterocycles. The predicted octanol–water partition coefficient (Wildman–Crippen LogP) is 1.47. The highest BCUT2D eigenvalue weighted by molar-refractivity contribution is 7.89. The van der Waals surface area contributed by atoms with Crippen molar-refractivity contribution in [2.45, 2.75) is 43.5 Å². The number of sulfonamides is 1. The number of piperidine rings is 1. The lowest BCUT2D eigenvalue weighted by Crippen LogP contribution is -3.14. The molecule has 0 radical (unpaired) electrons. The quantitative estimate of drug-likeness (QED) is 0.858. The second kappa shape index (κ2) is 6.65. The largest absolute Gasteiger partial charge is 0.333 e. The Kier molecular flexibility index (Phi) is 5.30. The van der Waals surface area contributed by atoms with Crippen LogP contribution in [0, 0.1) is 0 Å². The third-order valence-electron chi connectivity index (χ3n) is 3.79. The lowest BCUT2D eigenvalue weighted by Gasteiger charge is -2.32. The van der Waals surface area contributed by atoms with E-state index in [0.717, 1.165) is 19.6 Å². The molecule has 0 atom stereocenters. The number of hydrogen-bond acceptors (Lipinski definition) is 2. The Morgan fingerprint density at radius 3 is 2.29 bits per heavy atom. The molecular formula is C15H24ClN2O2S+. The molecule has 6 heteroatoms. The van der Waals surface area contributed by atoms with E-state index < -0.39 is 15.6 Å². The van der Waals surface area contributed by atoms with Gasteiger partial charge in [-0.1, -0.05) is 11.6 Å². The van der Waals surface area contributed by atoms with E-state index in [-0.39, 0.29) is 4.90 Å². The zero-order valence-electron chi connectivity index (χ0n) is 12.7. The smallest absolute Gasteiger partial charge is 0.241 e. The Hall–Kier alpha value is -0.620. The summed E-state index contributed by atoms with van der Waals surface area (Å²) in [6, 6.07) is 6.26. The number of nitrogens with one attached hydrogen (secondary N) is 2. The first kappa shape index (κ1) is 16.7. The van der Waals surface area contributed by atoms with Crippen LogP contribution in [0.1, 0.15) is 33.1 Å². The molecule has 0 bridgehead atoms. The fraction of sp³-hybridized carbons (Fsp3) is 0.600. The molecule has 0 amide bonds. The van der Waals surface area contributed by atoms with Gasteiger partial charge in [-0.15, -0.1) is 0 Å². The molecular weight excluding hydrogens is 308 g/mol. The number of benzene rings is 1. The maximum Gasteiger partial charge on any atom is 0.241 e. The van der Waals surface area contributed by atoms with Gasteiger partial charge < -0.3 is 4.90 Å². The zero-order valence-corrected chi connectivity index (χ0v) is 14.2. The average Bonchev–Trinajstić information content (AvgIpc) is 2.38. The maximum atomic E-state index is 12.4. The molecule has 0 saturated carbocycles. The van der Waals surface area contributed by atoms with Crippen LogP contribution in [0.3, 0.4) is 0 Å². The number of quaternary nitrogens is 1. The van der Waals surface area contributed by atoms with Gasteiger partial charge in [0.25, 0.3) is 0 Å². The molecule has 2 rings (SSSR count). The number of likely N-dealkylation sites (tertiary alicyclic amines) is 1. The highest BCUT2D eigenvalue weighted by Crippen LogP contribution is 2.16. The van der Waals surface area contributed by atoms with Crippen LogP contribution in [-0.4, -0.2) is 33.6 Å². The summed E-state index contributed by atoms with van der Waals surface area (Å²) in [6.07, 6.45) is 3.76. The van der Waals surface area contributed by atoms with E-state index in [4.69, 9.17) is 11.6 Å². The monoisotopic (exact) mass is 331 g/mol. The van der Waals surface area contributed by atoms with Crippen molar-refractivity contribution in [3.63, 3.8) is 0 Å². The molecule has 21 heavy (non-hydrogen) atoms. The molecule has 1 heterocycles. The Morgan fingerprint density at radius 1 is 1.14 bits per heavy atom. The van der Waals surface area contributed by atoms with Gasteiger partial charge in [0.1, 0.15) is 0 Å². The van der Waals surface area contributed by atoms with Crippen LogP contribution >= 0.6 is 11.6 Å². The van der Waals surface area contributed by atoms with Gasteiger partial charge in [0.2, 0.25) is 10.0 Å². The van der Waals surface area contributed by atoms with E-state index in [1.54, 1.807) is 12.1 Å². The molecule has 1 aromatic rings. The summed E-state index contributed by atoms with van der Waals surface area (Å²) in [5, 5.41) is 0.533. The number of hydrogen-bond donors (Lipinski definition) is 2. The topological polar surface area (TPSA) is 50.6 Å². The lowest BCUT2D eigenvalue weighted by molar-refractivity contribution is -0.908. The van der Waals surface area contributed by atoms with Crippen molar-refractivity contribution in [2.24, 2.45) is 0 Å². The van der Waals surface area contributed by atoms with E-state index in [0.29, 0.717) is 5.02 Å². The van der Waals surface area contributed by atoms with Crippen molar-refractivity contribution in [1.29, 1.82) is 0 Å². The standard InChI is InChI=1S/C15H23ClN2O2S/c1-15(2,12-18-10-4-3-5-11-18)17-21(19,20)14-8-6-13(16)7-9-14/h6-9,17H,3-5,10-12H2,1-2H3/p+1. The maximum absolute atomic E-state index is 12.4. The lowest BCUT2D eigenvalue weighted by atomic mass is 10.0. The average molecular weight is 332 g/mol. The summed E-state index contributed by atoms with van der Waals surface area (Å²) < 4.78 is 27.7. The first-order chi connectivity index (χ1) is 9.78. The number of rotatable bonds is 5. The van der Waals surface area contributed by atoms with E-state index in [1.165, 1.54) is 36.3 Å². The van der Waals surface area contributed by atoms with Gasteiger partial charge in [-0.05, 0) is 57.4 Å². The van der Waals surface area contributed by atoms with E-state index in [9.17, 15) is 8.42 Å². The van der Waals surface area contributed by atoms with Crippen LogP contribution in [-0.2, 0) is 10.0 Å². The van der Waals surface area contributed by atoms with E-state index >= 15 is 0 Å². The van der Waals surface area contributed by atoms with Crippen molar-refractivity contribution in [3.05, 3.63) is 29.3 Å². The first-order valence-corrected chi connectivity index (χ1v) is 9.28. The van der Waals surface area contributed by atoms with E-state index in [1.807, 2.05) is 13.8 Å². The molecule has 1 fully saturated rings. The van der Waals surface area contributed by atoms with Crippen LogP contribution in [0.15, 0.2) is 29.2 Å². The van der Waals surface area contributed by atoms with E-state index in [2.05, 4.69) is 4.72 Å². The van der Waals surface area contributed by atoms with Gasteiger partial charge in [0.05, 0.1) is 30.1 Å². The van der Waals surface area contributed by atoms with Crippen LogP contribution in [0.5, 0.6) is 0 Å². The fourth-order valence-electron chi connectivity index (χ4n) is 2.93. The summed E-state index contributed by atoms with van der Waals surface area (Å²) in [6.45, 7) is 6.96. The molecule has 4 nitrogen and oxygen atoms in total. The second-order valence-corrected chi connectivity index (χ2v) is 8.55. The normalized spacial score (nSPS) is 17.9. The Bertz CT molecular complexity index is 564. The van der Waals surface area contributed by atoms with Crippen molar-refractivity contribution >= 4 is 21.6 Å². The molecule has 118 valence electrons. The minimum Gasteiger partial charge on any atom is -0.333 e. The van der Waals surface area contributed by atoms with Gasteiger partial charge >= 0.3 is 0 Å². The van der Waals surface area contributed by atoms with Crippen LogP contribution in [0.4, 0.5) is 0 Å². The third-order valence-corrected chi connectivity index (χ3v) is 5.75. The highest BCUT2D eigenvalue weighted by Gasteiger charge is 2.31. The fourth-order valence-corrected chi connectivity index (χ4v) is 4.46. The summed E-state index contributed by atoms with van der Waals surface area (Å²) in [7, 11) is -3.51. The van der Waals surface area contributed by atoms with Crippen LogP contribution in [0.2, 0.25) is 5.02 Å². The SMILES string of the molecule is CC(C)(C[NH+]1CCCCC1)NS(=O)(=O)c1ccc(Cl)cc1. The second-order valence-electron chi connectivity index (χ2n) is 6.43. The van der Waals surface area contributed by atoms with Crippen molar-refractivity contribution < 1.29 is 13.3 Å². The Balaban J connectivity index is 2.05. The van der Waals surface area contributed by atoms with Gasteiger partial charge in [0.15, 0.2) is 0 Å². The third kappa shape index (κ3) is 4.95. The molecule has 1 aliphatic heterocycles. The summed E-state index contributed by atoms with van der Waals surface area (Å²) in [4.78, 5) is 1.73. The molecule has 1 saturated heterocycles. The van der Waals surface area contributed by atoms with Crippen molar-refractivity contribution in [3.8, 4) is 0 Å². The van der Waals surface area contributed by atoms with Crippen LogP contribution in [0.25, 0.3) is 0 Å². The van der Waals surface area contributed by atoms with Gasteiger partial charge in [0, 0.05) is 5.02 Å². The zero-order chi connectivity index (χ0) is 15.5. The predicted molar refractivity (Wildman–Crippen MR) is 85.3 cm³/mol. The minimum absolute atomic E-state index is 0.258. The summed E-state index contributed by atoms with van der Waals surface area (Å²) in [5.41, 5.74) is -0.467. The van der Waals surface area contributed by atoms with Gasteiger partial charge in [-0.25, -0.2) is 8.42 Å². The van der Waals surface area contributed by atoms with Crippen molar-refractivity contribution in [1.82, 2.24) is 4.72 Å². The Morgan fingerprint density at radius 2 is 1.71 bits per heavy atom. The molecule has 1 aromatic carbocycles. The molecule has 0 aliphatic carbocycles. The summed E-state index contributed by atoms with van der Waals surface area (Å²) >= 11 is 5.81. The minimum atomic E-state index is -3.51. The molecule has 1 aliphatic rings. The first-order valence-electron chi connectivity index (χ1n) is 7.42. The van der Waals surface area contributed by atoms with Gasteiger partial charge in [-0.3, -0.25) is 0 Å². The highest BCUT2D eigenvalue weighted by atomic mass is 35.5. The molecule has 2 N–H and O–H groups in total. The van der Waals surface area contributed by atoms with Crippen molar-refractivity contribution in [2.75, 3.05) is 19.6 Å². The summed E-state index contributed by atoms with van der Waals surface area (Å²) in [5.74, 6) is 0. The van der Waals surface area contributed by atoms with Crippen LogP contribution < -0.4 is 9.62 Å². The Labute approximate surface area is 132 Å². The van der Waals surface area contributed by atoms with Gasteiger partial charge in [-0.2, -0.15) is 4.72 Å². The molecule has 0 spiro atoms.